The molecule has 0 aliphatic carbocycles. The zero-order valence-electron chi connectivity index (χ0n) is 10.7. The number of aliphatic hydroxyl groups excluding tert-OH is 1. The lowest BCUT2D eigenvalue weighted by Crippen LogP contribution is -2.47. The summed E-state index contributed by atoms with van der Waals surface area (Å²) in [5.41, 5.74) is 0.241. The normalized spacial score (nSPS) is 23.4. The summed E-state index contributed by atoms with van der Waals surface area (Å²) < 4.78 is 52.3. The summed E-state index contributed by atoms with van der Waals surface area (Å²) in [4.78, 5) is 0. The van der Waals surface area contributed by atoms with Gasteiger partial charge in [-0.05, 0) is 18.6 Å². The quantitative estimate of drug-likeness (QED) is 0.865. The Labute approximate surface area is 113 Å². The predicted molar refractivity (Wildman–Crippen MR) is 67.1 cm³/mol. The average molecular weight is 290 g/mol. The molecule has 0 saturated carbocycles. The van der Waals surface area contributed by atoms with E-state index in [0.29, 0.717) is 5.69 Å². The Kier molecular flexibility index (Phi) is 3.99. The lowest BCUT2D eigenvalue weighted by molar-refractivity contribution is -0.166. The van der Waals surface area contributed by atoms with Crippen LogP contribution in [0.5, 0.6) is 0 Å². The van der Waals surface area contributed by atoms with Crippen molar-refractivity contribution >= 4 is 11.4 Å². The first-order chi connectivity index (χ1) is 9.39. The molecular weight excluding hydrogens is 276 g/mol. The van der Waals surface area contributed by atoms with Crippen LogP contribution in [0.15, 0.2) is 35.4 Å². The molecule has 1 N–H and O–H groups in total. The Morgan fingerprint density at radius 3 is 2.40 bits per heavy atom. The zero-order valence-corrected chi connectivity index (χ0v) is 10.7. The summed E-state index contributed by atoms with van der Waals surface area (Å²) in [6, 6.07) is 8.11. The maximum atomic E-state index is 13.6. The molecule has 7 heteroatoms. The average Bonchev–Trinajstić information content (AvgIpc) is 2.77. The zero-order chi connectivity index (χ0) is 14.9. The second-order valence-corrected chi connectivity index (χ2v) is 4.49. The van der Waals surface area contributed by atoms with Gasteiger partial charge in [-0.15, -0.1) is 0 Å². The minimum absolute atomic E-state index is 0.0629. The summed E-state index contributed by atoms with van der Waals surface area (Å²) in [7, 11) is 0. The number of hydrogen-bond donors (Lipinski definition) is 1. The van der Waals surface area contributed by atoms with Crippen LogP contribution in [0.25, 0.3) is 0 Å². The molecule has 0 saturated heterocycles. The first-order valence-corrected chi connectivity index (χ1v) is 6.15. The molecule has 1 aliphatic heterocycles. The Morgan fingerprint density at radius 1 is 1.30 bits per heavy atom. The highest BCUT2D eigenvalue weighted by Gasteiger charge is 2.57. The molecular formula is C13H14F4N2O. The number of rotatable bonds is 4. The molecule has 3 nitrogen and oxygen atoms in total. The van der Waals surface area contributed by atoms with E-state index in [1.165, 1.54) is 6.92 Å². The number of benzene rings is 1. The number of hydrazone groups is 1. The van der Waals surface area contributed by atoms with E-state index in [4.69, 9.17) is 0 Å². The van der Waals surface area contributed by atoms with Crippen molar-refractivity contribution in [3.05, 3.63) is 30.3 Å². The second-order valence-electron chi connectivity index (χ2n) is 4.49. The SMILES string of the molecule is CCC1=NN(c2ccccc2)C(O)C1C(F)(F)C(F)F. The number of para-hydroxylation sites is 1. The number of nitrogens with zero attached hydrogens (tertiary/aromatic N) is 2. The second kappa shape index (κ2) is 5.40. The summed E-state index contributed by atoms with van der Waals surface area (Å²) in [6.07, 6.45) is -5.60. The lowest BCUT2D eigenvalue weighted by Gasteiger charge is -2.28. The van der Waals surface area contributed by atoms with Gasteiger partial charge in [-0.2, -0.15) is 13.9 Å². The van der Waals surface area contributed by atoms with Gasteiger partial charge < -0.3 is 5.11 Å². The van der Waals surface area contributed by atoms with Crippen molar-refractivity contribution in [2.75, 3.05) is 5.01 Å². The molecule has 2 atom stereocenters. The Bertz CT molecular complexity index is 492. The predicted octanol–water partition coefficient (Wildman–Crippen LogP) is 3.11. The van der Waals surface area contributed by atoms with Crippen molar-refractivity contribution < 1.29 is 22.7 Å². The smallest absolute Gasteiger partial charge is 0.319 e. The number of anilines is 1. The van der Waals surface area contributed by atoms with E-state index in [9.17, 15) is 22.7 Å². The Hall–Kier alpha value is -1.63. The molecule has 0 fully saturated rings. The van der Waals surface area contributed by atoms with E-state index in [0.717, 1.165) is 5.01 Å². The van der Waals surface area contributed by atoms with Gasteiger partial charge in [0.25, 0.3) is 0 Å². The molecule has 1 heterocycles. The highest BCUT2D eigenvalue weighted by molar-refractivity contribution is 5.91. The van der Waals surface area contributed by atoms with Crippen molar-refractivity contribution in [1.82, 2.24) is 0 Å². The van der Waals surface area contributed by atoms with Crippen LogP contribution in [0.2, 0.25) is 0 Å². The molecule has 0 amide bonds. The van der Waals surface area contributed by atoms with Crippen molar-refractivity contribution in [3.8, 4) is 0 Å². The molecule has 2 rings (SSSR count). The largest absolute Gasteiger partial charge is 0.371 e. The summed E-state index contributed by atoms with van der Waals surface area (Å²) in [5, 5.41) is 14.8. The van der Waals surface area contributed by atoms with E-state index in [-0.39, 0.29) is 12.1 Å². The van der Waals surface area contributed by atoms with E-state index in [1.54, 1.807) is 30.3 Å². The van der Waals surface area contributed by atoms with Crippen LogP contribution < -0.4 is 5.01 Å². The van der Waals surface area contributed by atoms with Gasteiger partial charge >= 0.3 is 12.3 Å². The third kappa shape index (κ3) is 2.37. The van der Waals surface area contributed by atoms with Gasteiger partial charge in [0.15, 0.2) is 6.23 Å². The first kappa shape index (κ1) is 14.8. The number of aliphatic hydroxyl groups is 1. The lowest BCUT2D eigenvalue weighted by atomic mass is 9.93. The van der Waals surface area contributed by atoms with Crippen LogP contribution in [0.3, 0.4) is 0 Å². The van der Waals surface area contributed by atoms with E-state index >= 15 is 0 Å². The number of halogens is 4. The molecule has 2 unspecified atom stereocenters. The van der Waals surface area contributed by atoms with Gasteiger partial charge in [-0.3, -0.25) is 0 Å². The first-order valence-electron chi connectivity index (χ1n) is 6.15. The van der Waals surface area contributed by atoms with Gasteiger partial charge in [-0.1, -0.05) is 25.1 Å². The maximum Gasteiger partial charge on any atom is 0.319 e. The monoisotopic (exact) mass is 290 g/mol. The number of hydrogen-bond acceptors (Lipinski definition) is 3. The fourth-order valence-corrected chi connectivity index (χ4v) is 2.21. The van der Waals surface area contributed by atoms with Gasteiger partial charge in [0.05, 0.1) is 11.4 Å². The van der Waals surface area contributed by atoms with E-state index in [1.807, 2.05) is 0 Å². The Balaban J connectivity index is 2.36. The fourth-order valence-electron chi connectivity index (χ4n) is 2.21. The van der Waals surface area contributed by atoms with Crippen LogP contribution in [-0.2, 0) is 0 Å². The molecule has 110 valence electrons. The molecule has 0 radical (unpaired) electrons. The molecule has 0 spiro atoms. The summed E-state index contributed by atoms with van der Waals surface area (Å²) in [6.45, 7) is 1.54. The van der Waals surface area contributed by atoms with Crippen LogP contribution in [-0.4, -0.2) is 29.4 Å². The maximum absolute atomic E-state index is 13.6. The van der Waals surface area contributed by atoms with Gasteiger partial charge in [0, 0.05) is 0 Å². The fraction of sp³-hybridized carbons (Fsp3) is 0.462. The van der Waals surface area contributed by atoms with Gasteiger partial charge in [0.1, 0.15) is 5.92 Å². The van der Waals surface area contributed by atoms with E-state index in [2.05, 4.69) is 5.10 Å². The minimum atomic E-state index is -4.32. The van der Waals surface area contributed by atoms with E-state index < -0.39 is 24.5 Å². The van der Waals surface area contributed by atoms with Crippen LogP contribution in [0.1, 0.15) is 13.3 Å². The van der Waals surface area contributed by atoms with Crippen molar-refractivity contribution in [3.63, 3.8) is 0 Å². The van der Waals surface area contributed by atoms with Crippen LogP contribution in [0, 0.1) is 5.92 Å². The van der Waals surface area contributed by atoms with Crippen molar-refractivity contribution in [2.24, 2.45) is 11.0 Å². The third-order valence-electron chi connectivity index (χ3n) is 3.23. The van der Waals surface area contributed by atoms with Crippen molar-refractivity contribution in [2.45, 2.75) is 31.9 Å². The summed E-state index contributed by atoms with van der Waals surface area (Å²) >= 11 is 0. The van der Waals surface area contributed by atoms with Gasteiger partial charge in [0.2, 0.25) is 0 Å². The molecule has 20 heavy (non-hydrogen) atoms. The topological polar surface area (TPSA) is 35.8 Å². The highest BCUT2D eigenvalue weighted by atomic mass is 19.3. The molecule has 0 aromatic heterocycles. The standard InChI is InChI=1S/C13H14F4N2O/c1-2-9-10(13(16,17)12(14)15)11(20)19(18-9)8-6-4-3-5-7-8/h3-7,10-12,20H,2H2,1H3. The molecule has 1 aromatic rings. The minimum Gasteiger partial charge on any atom is -0.371 e. The van der Waals surface area contributed by atoms with Crippen molar-refractivity contribution in [1.29, 1.82) is 0 Å². The third-order valence-corrected chi connectivity index (χ3v) is 3.23. The van der Waals surface area contributed by atoms with Gasteiger partial charge in [-0.25, -0.2) is 13.8 Å². The molecule has 1 aromatic carbocycles. The Morgan fingerprint density at radius 2 is 1.90 bits per heavy atom. The number of alkyl halides is 4. The van der Waals surface area contributed by atoms with Crippen LogP contribution >= 0.6 is 0 Å². The highest BCUT2D eigenvalue weighted by Crippen LogP contribution is 2.40. The molecule has 1 aliphatic rings. The summed E-state index contributed by atoms with van der Waals surface area (Å²) in [5.74, 6) is -6.33. The van der Waals surface area contributed by atoms with Crippen LogP contribution in [0.4, 0.5) is 23.2 Å². The molecule has 0 bridgehead atoms.